The minimum Gasteiger partial charge on any atom is -0.369 e. The van der Waals surface area contributed by atoms with Gasteiger partial charge in [0.15, 0.2) is 11.5 Å². The number of hydrogen-bond acceptors (Lipinski definition) is 5. The van der Waals surface area contributed by atoms with E-state index in [-0.39, 0.29) is 17.5 Å². The van der Waals surface area contributed by atoms with E-state index in [1.165, 1.54) is 4.90 Å². The highest BCUT2D eigenvalue weighted by Crippen LogP contribution is 2.39. The van der Waals surface area contributed by atoms with Crippen molar-refractivity contribution >= 4 is 11.8 Å². The van der Waals surface area contributed by atoms with Gasteiger partial charge in [-0.15, -0.1) is 12.3 Å². The molecule has 4 rings (SSSR count). The molecule has 3 heterocycles. The number of amides is 2. The molecule has 2 aliphatic rings. The van der Waals surface area contributed by atoms with Gasteiger partial charge in [-0.25, -0.2) is 9.67 Å². The van der Waals surface area contributed by atoms with E-state index >= 15 is 0 Å². The summed E-state index contributed by atoms with van der Waals surface area (Å²) in [5.41, 5.74) is 6.31. The number of nitrogens with zero attached hydrogens (tertiary/aromatic N) is 4. The molecule has 0 unspecified atom stereocenters. The van der Waals surface area contributed by atoms with Gasteiger partial charge in [-0.2, -0.15) is 5.10 Å². The number of fused-ring (bicyclic) bond motifs is 1. The number of likely N-dealkylation sites (tertiary alicyclic amines) is 1. The Hall–Kier alpha value is -3.62. The Morgan fingerprint density at radius 3 is 2.84 bits per heavy atom. The first-order valence-corrected chi connectivity index (χ1v) is 10.5. The summed E-state index contributed by atoms with van der Waals surface area (Å²) in [5.74, 6) is 7.84. The summed E-state index contributed by atoms with van der Waals surface area (Å²) >= 11 is 0. The lowest BCUT2D eigenvalue weighted by molar-refractivity contribution is -0.137. The van der Waals surface area contributed by atoms with E-state index in [0.29, 0.717) is 37.2 Å². The molecule has 0 radical (unpaired) electrons. The van der Waals surface area contributed by atoms with E-state index < -0.39 is 17.4 Å². The second-order valence-electron chi connectivity index (χ2n) is 8.91. The first-order chi connectivity index (χ1) is 15.2. The lowest BCUT2D eigenvalue weighted by atomic mass is 9.72. The zero-order valence-electron chi connectivity index (χ0n) is 18.2. The SMILES string of the molecule is C#CC[C@]1(C)CCc2c(C(N)=O)nn(-c3cc(C#C[C@]4(O)CCN(C)C4=O)ccn3)c2C1. The highest BCUT2D eigenvalue weighted by Gasteiger charge is 2.42. The first-order valence-electron chi connectivity index (χ1n) is 10.5. The number of hydrogen-bond donors (Lipinski definition) is 2. The van der Waals surface area contributed by atoms with E-state index in [1.54, 1.807) is 30.1 Å². The molecule has 164 valence electrons. The molecule has 0 saturated carbocycles. The molecule has 1 fully saturated rings. The van der Waals surface area contributed by atoms with Crippen LogP contribution in [-0.4, -0.2) is 55.8 Å². The number of likely N-dealkylation sites (N-methyl/N-ethyl adjacent to an activating group) is 1. The van der Waals surface area contributed by atoms with E-state index in [2.05, 4.69) is 34.8 Å². The Kier molecular flexibility index (Phi) is 5.28. The molecule has 8 nitrogen and oxygen atoms in total. The van der Waals surface area contributed by atoms with Crippen LogP contribution in [0.15, 0.2) is 18.3 Å². The number of carbonyl (C=O) groups excluding carboxylic acids is 2. The lowest BCUT2D eigenvalue weighted by Gasteiger charge is -2.32. The number of carbonyl (C=O) groups is 2. The Morgan fingerprint density at radius 2 is 2.19 bits per heavy atom. The third kappa shape index (κ3) is 3.74. The summed E-state index contributed by atoms with van der Waals surface area (Å²) in [4.78, 5) is 30.1. The molecule has 0 spiro atoms. The molecule has 8 heteroatoms. The summed E-state index contributed by atoms with van der Waals surface area (Å²) in [6, 6.07) is 3.40. The minimum atomic E-state index is -1.68. The fraction of sp³-hybridized carbons (Fsp3) is 0.417. The van der Waals surface area contributed by atoms with Crippen LogP contribution in [0.3, 0.4) is 0 Å². The smallest absolute Gasteiger partial charge is 0.269 e. The molecule has 1 aliphatic heterocycles. The molecule has 1 aliphatic carbocycles. The van der Waals surface area contributed by atoms with Crippen LogP contribution in [0.5, 0.6) is 0 Å². The van der Waals surface area contributed by atoms with Crippen molar-refractivity contribution < 1.29 is 14.7 Å². The van der Waals surface area contributed by atoms with E-state index in [4.69, 9.17) is 12.2 Å². The van der Waals surface area contributed by atoms with Gasteiger partial charge in [-0.1, -0.05) is 18.8 Å². The molecule has 3 N–H and O–H groups in total. The van der Waals surface area contributed by atoms with Crippen LogP contribution in [0.4, 0.5) is 0 Å². The average Bonchev–Trinajstić information content (AvgIpc) is 3.25. The molecule has 2 aromatic rings. The quantitative estimate of drug-likeness (QED) is 0.699. The third-order valence-corrected chi connectivity index (χ3v) is 6.31. The van der Waals surface area contributed by atoms with Crippen LogP contribution in [0, 0.1) is 29.6 Å². The van der Waals surface area contributed by atoms with Crippen molar-refractivity contribution in [1.82, 2.24) is 19.7 Å². The highest BCUT2D eigenvalue weighted by molar-refractivity contribution is 5.93. The van der Waals surface area contributed by atoms with Gasteiger partial charge in [0.05, 0.1) is 5.69 Å². The van der Waals surface area contributed by atoms with E-state index in [1.807, 2.05) is 0 Å². The second-order valence-corrected chi connectivity index (χ2v) is 8.91. The van der Waals surface area contributed by atoms with Crippen LogP contribution < -0.4 is 5.73 Å². The molecule has 2 aromatic heterocycles. The van der Waals surface area contributed by atoms with Gasteiger partial charge in [0, 0.05) is 43.8 Å². The monoisotopic (exact) mass is 431 g/mol. The Balaban J connectivity index is 1.73. The number of rotatable bonds is 3. The van der Waals surface area contributed by atoms with E-state index in [9.17, 15) is 14.7 Å². The number of aliphatic hydroxyl groups is 1. The van der Waals surface area contributed by atoms with Gasteiger partial charge in [-0.3, -0.25) is 9.59 Å². The van der Waals surface area contributed by atoms with Gasteiger partial charge in [0.1, 0.15) is 0 Å². The zero-order chi connectivity index (χ0) is 23.1. The second kappa shape index (κ2) is 7.81. The van der Waals surface area contributed by atoms with Gasteiger partial charge in [-0.05, 0) is 36.8 Å². The summed E-state index contributed by atoms with van der Waals surface area (Å²) in [5, 5.41) is 15.0. The predicted molar refractivity (Wildman–Crippen MR) is 118 cm³/mol. The summed E-state index contributed by atoms with van der Waals surface area (Å²) < 4.78 is 1.64. The van der Waals surface area contributed by atoms with Crippen molar-refractivity contribution in [2.45, 2.75) is 44.6 Å². The fourth-order valence-electron chi connectivity index (χ4n) is 4.39. The number of nitrogens with two attached hydrogens (primary N) is 1. The molecule has 0 aromatic carbocycles. The van der Waals surface area contributed by atoms with Crippen LogP contribution in [0.25, 0.3) is 5.82 Å². The normalized spacial score (nSPS) is 24.4. The van der Waals surface area contributed by atoms with E-state index in [0.717, 1.165) is 17.7 Å². The number of pyridine rings is 1. The van der Waals surface area contributed by atoms with Gasteiger partial charge in [0.25, 0.3) is 11.8 Å². The third-order valence-electron chi connectivity index (χ3n) is 6.31. The molecule has 1 saturated heterocycles. The summed E-state index contributed by atoms with van der Waals surface area (Å²) in [6.45, 7) is 2.58. The van der Waals surface area contributed by atoms with Crippen molar-refractivity contribution in [2.75, 3.05) is 13.6 Å². The average molecular weight is 431 g/mol. The van der Waals surface area contributed by atoms with Crippen LogP contribution in [-0.2, 0) is 17.6 Å². The zero-order valence-corrected chi connectivity index (χ0v) is 18.2. The molecule has 2 atom stereocenters. The maximum atomic E-state index is 12.2. The molecular formula is C24H25N5O3. The lowest BCUT2D eigenvalue weighted by Crippen LogP contribution is -2.37. The Labute approximate surface area is 186 Å². The van der Waals surface area contributed by atoms with Crippen LogP contribution in [0.2, 0.25) is 0 Å². The maximum Gasteiger partial charge on any atom is 0.269 e. The van der Waals surface area contributed by atoms with Crippen LogP contribution >= 0.6 is 0 Å². The number of primary amides is 1. The number of terminal acetylenes is 1. The molecule has 0 bridgehead atoms. The largest absolute Gasteiger partial charge is 0.369 e. The molecule has 2 amide bonds. The van der Waals surface area contributed by atoms with Gasteiger partial charge in [0.2, 0.25) is 5.60 Å². The van der Waals surface area contributed by atoms with Crippen LogP contribution in [0.1, 0.15) is 53.5 Å². The summed E-state index contributed by atoms with van der Waals surface area (Å²) in [6.07, 6.45) is 10.2. The summed E-state index contributed by atoms with van der Waals surface area (Å²) in [7, 11) is 1.64. The topological polar surface area (TPSA) is 114 Å². The van der Waals surface area contributed by atoms with Crippen molar-refractivity contribution in [1.29, 1.82) is 0 Å². The van der Waals surface area contributed by atoms with Gasteiger partial charge >= 0.3 is 0 Å². The van der Waals surface area contributed by atoms with Crippen molar-refractivity contribution in [3.8, 4) is 30.0 Å². The fourth-order valence-corrected chi connectivity index (χ4v) is 4.39. The van der Waals surface area contributed by atoms with Crippen molar-refractivity contribution in [3.05, 3.63) is 40.8 Å². The van der Waals surface area contributed by atoms with Crippen molar-refractivity contribution in [2.24, 2.45) is 11.1 Å². The predicted octanol–water partition coefficient (Wildman–Crippen LogP) is 0.829. The first kappa shape index (κ1) is 21.6. The van der Waals surface area contributed by atoms with Gasteiger partial charge < -0.3 is 15.7 Å². The molecule has 32 heavy (non-hydrogen) atoms. The molecular weight excluding hydrogens is 406 g/mol. The van der Waals surface area contributed by atoms with Crippen molar-refractivity contribution in [3.63, 3.8) is 0 Å². The Morgan fingerprint density at radius 1 is 1.41 bits per heavy atom. The number of aromatic nitrogens is 3. The Bertz CT molecular complexity index is 1210. The minimum absolute atomic E-state index is 0.107. The standard InChI is InChI=1S/C24H25N5O3/c1-4-8-23(2)9-6-17-18(15-23)29(27-20(17)21(25)30)19-14-16(7-12-26-19)5-10-24(32)11-13-28(3)22(24)31/h1,7,12,14,32H,6,8-9,11,13,15H2,2-3H3,(H2,25,30)/t23-,24+/m1/s1. The highest BCUT2D eigenvalue weighted by atomic mass is 16.3. The maximum absolute atomic E-state index is 12.2.